The Labute approximate surface area is 212 Å². The molecule has 0 spiro atoms. The largest absolute Gasteiger partial charge is 0.444 e. The van der Waals surface area contributed by atoms with Crippen molar-refractivity contribution in [3.63, 3.8) is 0 Å². The number of carbonyl (C=O) groups is 1. The smallest absolute Gasteiger partial charge is 0.410 e. The summed E-state index contributed by atoms with van der Waals surface area (Å²) in [7, 11) is 0. The van der Waals surface area contributed by atoms with Crippen LogP contribution in [0.15, 0.2) is 12.5 Å². The van der Waals surface area contributed by atoms with E-state index in [2.05, 4.69) is 43.3 Å². The van der Waals surface area contributed by atoms with E-state index in [1.807, 2.05) is 39.5 Å². The van der Waals surface area contributed by atoms with Crippen LogP contribution in [0.3, 0.4) is 0 Å². The van der Waals surface area contributed by atoms with Crippen LogP contribution in [-0.2, 0) is 14.2 Å². The summed E-state index contributed by atoms with van der Waals surface area (Å²) in [5, 5.41) is 1.33. The third-order valence-corrected chi connectivity index (χ3v) is 7.94. The van der Waals surface area contributed by atoms with Gasteiger partial charge in [0.2, 0.25) is 0 Å². The van der Waals surface area contributed by atoms with Crippen LogP contribution in [0.1, 0.15) is 53.5 Å². The van der Waals surface area contributed by atoms with Crippen LogP contribution in [-0.4, -0.2) is 62.2 Å². The van der Waals surface area contributed by atoms with Crippen LogP contribution in [0, 0.1) is 15.4 Å². The Bertz CT molecular complexity index is 1080. The zero-order valence-corrected chi connectivity index (χ0v) is 22.5. The Kier molecular flexibility index (Phi) is 5.86. The normalized spacial score (nSPS) is 31.4. The molecule has 0 N–H and O–H groups in total. The van der Waals surface area contributed by atoms with Crippen molar-refractivity contribution in [3.8, 4) is 0 Å². The number of nitrogens with zero attached hydrogens (tertiary/aromatic N) is 4. The molecule has 1 saturated carbocycles. The first kappa shape index (κ1) is 23.6. The number of fused-ring (bicyclic) bond motifs is 2. The van der Waals surface area contributed by atoms with Crippen molar-refractivity contribution in [1.29, 1.82) is 0 Å². The van der Waals surface area contributed by atoms with Crippen molar-refractivity contribution in [2.24, 2.45) is 11.8 Å². The van der Waals surface area contributed by atoms with E-state index in [9.17, 15) is 4.79 Å². The van der Waals surface area contributed by atoms with Crippen molar-refractivity contribution in [2.75, 3.05) is 13.1 Å². The summed E-state index contributed by atoms with van der Waals surface area (Å²) < 4.78 is 21.7. The van der Waals surface area contributed by atoms with Crippen LogP contribution >= 0.6 is 34.2 Å². The van der Waals surface area contributed by atoms with E-state index in [-0.39, 0.29) is 30.3 Å². The Hall–Kier alpha value is -1.17. The second kappa shape index (κ2) is 8.20. The average molecular weight is 589 g/mol. The summed E-state index contributed by atoms with van der Waals surface area (Å²) in [6.45, 7) is 11.0. The molecule has 1 amide bonds. The van der Waals surface area contributed by atoms with E-state index in [1.54, 1.807) is 0 Å². The fraction of sp³-hybridized carbons (Fsp3) is 0.696. The van der Waals surface area contributed by atoms with Gasteiger partial charge in [-0.15, -0.1) is 0 Å². The summed E-state index contributed by atoms with van der Waals surface area (Å²) in [6.07, 6.45) is 5.04. The highest BCUT2D eigenvalue weighted by Gasteiger charge is 2.57. The number of hydrogen-bond acceptors (Lipinski definition) is 6. The maximum atomic E-state index is 12.6. The molecule has 10 heteroatoms. The maximum absolute atomic E-state index is 12.6. The molecule has 1 unspecified atom stereocenters. The molecule has 4 heterocycles. The molecule has 2 aromatic heterocycles. The average Bonchev–Trinajstić information content (AvgIpc) is 3.43. The van der Waals surface area contributed by atoms with Gasteiger partial charge in [0.25, 0.3) is 0 Å². The molecule has 2 aromatic rings. The van der Waals surface area contributed by atoms with Gasteiger partial charge in [-0.05, 0) is 81.9 Å². The lowest BCUT2D eigenvalue weighted by Gasteiger charge is -2.28. The van der Waals surface area contributed by atoms with Crippen LogP contribution in [0.25, 0.3) is 11.0 Å². The van der Waals surface area contributed by atoms with Gasteiger partial charge in [0, 0.05) is 22.9 Å². The molecular formula is C23H30ClIN4O4. The fourth-order valence-corrected chi connectivity index (χ4v) is 6.80. The van der Waals surface area contributed by atoms with Crippen molar-refractivity contribution in [2.45, 2.75) is 77.1 Å². The highest BCUT2D eigenvalue weighted by molar-refractivity contribution is 14.1. The topological polar surface area (TPSA) is 78.7 Å². The molecule has 2 saturated heterocycles. The minimum absolute atomic E-state index is 0.0407. The number of hydrogen-bond donors (Lipinski definition) is 0. The van der Waals surface area contributed by atoms with Crippen LogP contribution in [0.2, 0.25) is 5.15 Å². The van der Waals surface area contributed by atoms with Crippen LogP contribution in [0.5, 0.6) is 0 Å². The van der Waals surface area contributed by atoms with E-state index < -0.39 is 11.4 Å². The van der Waals surface area contributed by atoms with Crippen molar-refractivity contribution >= 4 is 51.3 Å². The van der Waals surface area contributed by atoms with Crippen molar-refractivity contribution in [1.82, 2.24) is 19.4 Å². The third-order valence-electron chi connectivity index (χ3n) is 6.83. The SMILES string of the molecule is CC(C)(C)OC(=O)N1CCC([C@H]2C[C@@H](n3cc(I)c4c(Cl)ncnc43)[C@@H]3OC(C)(C)O[C@@H]32)C1. The molecule has 8 nitrogen and oxygen atoms in total. The van der Waals surface area contributed by atoms with E-state index >= 15 is 0 Å². The highest BCUT2D eigenvalue weighted by Crippen LogP contribution is 2.51. The third kappa shape index (κ3) is 4.34. The molecule has 180 valence electrons. The molecule has 0 bridgehead atoms. The van der Waals surface area contributed by atoms with E-state index in [1.165, 1.54) is 6.33 Å². The van der Waals surface area contributed by atoms with E-state index in [0.29, 0.717) is 24.2 Å². The molecular weight excluding hydrogens is 559 g/mol. The molecule has 5 rings (SSSR count). The lowest BCUT2D eigenvalue weighted by atomic mass is 9.88. The monoisotopic (exact) mass is 588 g/mol. The summed E-state index contributed by atoms with van der Waals surface area (Å²) >= 11 is 8.67. The molecule has 33 heavy (non-hydrogen) atoms. The predicted octanol–water partition coefficient (Wildman–Crippen LogP) is 5.03. The lowest BCUT2D eigenvalue weighted by Crippen LogP contribution is -2.37. The molecule has 5 atom stereocenters. The van der Waals surface area contributed by atoms with Crippen molar-refractivity contribution < 1.29 is 19.0 Å². The fourth-order valence-electron chi connectivity index (χ4n) is 5.61. The second-order valence-corrected chi connectivity index (χ2v) is 12.3. The molecule has 0 aromatic carbocycles. The van der Waals surface area contributed by atoms with Gasteiger partial charge in [0.1, 0.15) is 28.8 Å². The van der Waals surface area contributed by atoms with Gasteiger partial charge in [-0.25, -0.2) is 14.8 Å². The zero-order chi connectivity index (χ0) is 23.7. The van der Waals surface area contributed by atoms with Gasteiger partial charge >= 0.3 is 6.09 Å². The lowest BCUT2D eigenvalue weighted by molar-refractivity contribution is -0.162. The minimum Gasteiger partial charge on any atom is -0.444 e. The number of amides is 1. The number of ether oxygens (including phenoxy) is 3. The Morgan fingerprint density at radius 2 is 2.00 bits per heavy atom. The summed E-state index contributed by atoms with van der Waals surface area (Å²) in [5.41, 5.74) is 0.319. The quantitative estimate of drug-likeness (QED) is 0.362. The summed E-state index contributed by atoms with van der Waals surface area (Å²) in [6, 6.07) is 0.0642. The van der Waals surface area contributed by atoms with Gasteiger partial charge in [0.15, 0.2) is 5.79 Å². The minimum atomic E-state index is -0.654. The number of rotatable bonds is 2. The number of aromatic nitrogens is 3. The first-order valence-corrected chi connectivity index (χ1v) is 12.9. The zero-order valence-electron chi connectivity index (χ0n) is 19.5. The molecule has 3 fully saturated rings. The standard InChI is InChI=1S/C23H30ClIN4O4/c1-22(2,3)33-21(30)28-7-6-12(9-28)13-8-15(18-17(13)31-23(4,5)32-18)29-10-14(25)16-19(24)26-11-27-20(16)29/h10-13,15,17-18H,6-9H2,1-5H3/t12?,13-,15-,17-,18+/m1/s1. The van der Waals surface area contributed by atoms with Gasteiger partial charge < -0.3 is 23.7 Å². The predicted molar refractivity (Wildman–Crippen MR) is 132 cm³/mol. The summed E-state index contributed by atoms with van der Waals surface area (Å²) in [4.78, 5) is 23.2. The van der Waals surface area contributed by atoms with Gasteiger partial charge in [-0.1, -0.05) is 11.6 Å². The molecule has 0 radical (unpaired) electrons. The maximum Gasteiger partial charge on any atom is 0.410 e. The van der Waals surface area contributed by atoms with E-state index in [4.69, 9.17) is 25.8 Å². The Balaban J connectivity index is 1.42. The first-order valence-electron chi connectivity index (χ1n) is 11.4. The highest BCUT2D eigenvalue weighted by atomic mass is 127. The van der Waals surface area contributed by atoms with E-state index in [0.717, 1.165) is 27.4 Å². The summed E-state index contributed by atoms with van der Waals surface area (Å²) in [5.74, 6) is -0.0633. The number of halogens is 2. The second-order valence-electron chi connectivity index (χ2n) is 10.8. The number of carbonyl (C=O) groups excluding carboxylic acids is 1. The Morgan fingerprint density at radius 3 is 2.73 bits per heavy atom. The molecule has 2 aliphatic heterocycles. The Morgan fingerprint density at radius 1 is 1.27 bits per heavy atom. The molecule has 1 aliphatic carbocycles. The molecule has 3 aliphatic rings. The van der Waals surface area contributed by atoms with Gasteiger partial charge in [-0.3, -0.25) is 0 Å². The van der Waals surface area contributed by atoms with Crippen LogP contribution < -0.4 is 0 Å². The van der Waals surface area contributed by atoms with Crippen molar-refractivity contribution in [3.05, 3.63) is 21.2 Å². The van der Waals surface area contributed by atoms with Gasteiger partial charge in [-0.2, -0.15) is 0 Å². The first-order chi connectivity index (χ1) is 15.4. The van der Waals surface area contributed by atoms with Crippen LogP contribution in [0.4, 0.5) is 4.79 Å². The number of likely N-dealkylation sites (tertiary alicyclic amines) is 1. The van der Waals surface area contributed by atoms with Gasteiger partial charge in [0.05, 0.1) is 17.5 Å².